The molecule has 4 heteroatoms. The van der Waals surface area contributed by atoms with Crippen molar-refractivity contribution >= 4 is 17.7 Å². The van der Waals surface area contributed by atoms with Crippen LogP contribution in [0.25, 0.3) is 0 Å². The number of aliphatic carboxylic acids is 1. The van der Waals surface area contributed by atoms with Crippen LogP contribution in [0.15, 0.2) is 0 Å². The standard InChI is InChI=1S/C9H18O3S/c1-8(2,12)5-6-13-9(3,4)7(10)11/h12H,5-6H2,1-4H3,(H,10,11). The molecule has 0 aliphatic heterocycles. The molecule has 0 saturated carbocycles. The molecule has 0 fully saturated rings. The zero-order valence-electron chi connectivity index (χ0n) is 8.63. The molecule has 0 aromatic heterocycles. The summed E-state index contributed by atoms with van der Waals surface area (Å²) in [5.41, 5.74) is -0.707. The van der Waals surface area contributed by atoms with Gasteiger partial charge in [-0.25, -0.2) is 0 Å². The number of carbonyl (C=O) groups is 1. The van der Waals surface area contributed by atoms with E-state index >= 15 is 0 Å². The number of carboxylic acids is 1. The molecule has 0 heterocycles. The quantitative estimate of drug-likeness (QED) is 0.719. The zero-order chi connectivity index (χ0) is 10.7. The first-order valence-electron chi connectivity index (χ1n) is 4.25. The van der Waals surface area contributed by atoms with Crippen LogP contribution in [0, 0.1) is 0 Å². The number of aliphatic hydroxyl groups is 1. The van der Waals surface area contributed by atoms with E-state index in [2.05, 4.69) is 0 Å². The van der Waals surface area contributed by atoms with Crippen LogP contribution in [-0.4, -0.2) is 32.3 Å². The highest BCUT2D eigenvalue weighted by Crippen LogP contribution is 2.26. The van der Waals surface area contributed by atoms with Gasteiger partial charge in [-0.1, -0.05) is 0 Å². The Bertz CT molecular complexity index is 182. The zero-order valence-corrected chi connectivity index (χ0v) is 9.44. The van der Waals surface area contributed by atoms with Crippen molar-refractivity contribution in [3.05, 3.63) is 0 Å². The summed E-state index contributed by atoms with van der Waals surface area (Å²) in [7, 11) is 0. The molecule has 0 aliphatic carbocycles. The van der Waals surface area contributed by atoms with Crippen molar-refractivity contribution in [1.82, 2.24) is 0 Å². The molecule has 0 aliphatic rings. The van der Waals surface area contributed by atoms with Crippen LogP contribution in [0.5, 0.6) is 0 Å². The average Bonchev–Trinajstić information content (AvgIpc) is 1.82. The van der Waals surface area contributed by atoms with Gasteiger partial charge in [0.15, 0.2) is 0 Å². The smallest absolute Gasteiger partial charge is 0.319 e. The molecule has 2 N–H and O–H groups in total. The van der Waals surface area contributed by atoms with Gasteiger partial charge in [-0.05, 0) is 39.9 Å². The SMILES string of the molecule is CC(C)(O)CCSC(C)(C)C(=O)O. The van der Waals surface area contributed by atoms with E-state index in [4.69, 9.17) is 5.11 Å². The minimum atomic E-state index is -0.812. The molecule has 0 unspecified atom stereocenters. The molecular weight excluding hydrogens is 188 g/mol. The van der Waals surface area contributed by atoms with Crippen molar-refractivity contribution in [2.75, 3.05) is 5.75 Å². The summed E-state index contributed by atoms with van der Waals surface area (Å²) >= 11 is 1.35. The Morgan fingerprint density at radius 1 is 1.31 bits per heavy atom. The Labute approximate surface area is 83.5 Å². The van der Waals surface area contributed by atoms with Crippen LogP contribution in [0.2, 0.25) is 0 Å². The Kier molecular flexibility index (Phi) is 4.26. The Balaban J connectivity index is 3.84. The second-order valence-electron chi connectivity index (χ2n) is 4.23. The molecule has 0 saturated heterocycles. The molecule has 0 bridgehead atoms. The Morgan fingerprint density at radius 3 is 2.08 bits per heavy atom. The highest BCUT2D eigenvalue weighted by molar-refractivity contribution is 8.01. The van der Waals surface area contributed by atoms with E-state index in [-0.39, 0.29) is 0 Å². The maximum Gasteiger partial charge on any atom is 0.319 e. The molecule has 0 atom stereocenters. The fraction of sp³-hybridized carbons (Fsp3) is 0.889. The van der Waals surface area contributed by atoms with Crippen molar-refractivity contribution in [2.24, 2.45) is 0 Å². The number of rotatable bonds is 5. The fourth-order valence-corrected chi connectivity index (χ4v) is 1.85. The van der Waals surface area contributed by atoms with Gasteiger partial charge in [0.05, 0.1) is 5.60 Å². The first-order valence-corrected chi connectivity index (χ1v) is 5.23. The average molecular weight is 206 g/mol. The van der Waals surface area contributed by atoms with E-state index in [1.807, 2.05) is 0 Å². The topological polar surface area (TPSA) is 57.5 Å². The number of carboxylic acid groups (broad SMARTS) is 1. The monoisotopic (exact) mass is 206 g/mol. The number of hydrogen-bond acceptors (Lipinski definition) is 3. The van der Waals surface area contributed by atoms with Gasteiger partial charge in [-0.3, -0.25) is 4.79 Å². The van der Waals surface area contributed by atoms with E-state index in [0.717, 1.165) is 0 Å². The third-order valence-corrected chi connectivity index (χ3v) is 3.00. The predicted molar refractivity (Wildman–Crippen MR) is 55.1 cm³/mol. The summed E-state index contributed by atoms with van der Waals surface area (Å²) in [5.74, 6) is -0.156. The lowest BCUT2D eigenvalue weighted by Crippen LogP contribution is -2.29. The summed E-state index contributed by atoms with van der Waals surface area (Å²) in [5, 5.41) is 18.2. The van der Waals surface area contributed by atoms with Gasteiger partial charge in [0.25, 0.3) is 0 Å². The van der Waals surface area contributed by atoms with Gasteiger partial charge in [-0.2, -0.15) is 0 Å². The van der Waals surface area contributed by atoms with Gasteiger partial charge in [0.1, 0.15) is 4.75 Å². The minimum absolute atomic E-state index is 0.606. The van der Waals surface area contributed by atoms with Crippen molar-refractivity contribution in [3.63, 3.8) is 0 Å². The minimum Gasteiger partial charge on any atom is -0.480 e. The first kappa shape index (κ1) is 12.8. The largest absolute Gasteiger partial charge is 0.480 e. The Morgan fingerprint density at radius 2 is 1.77 bits per heavy atom. The maximum absolute atomic E-state index is 10.7. The summed E-state index contributed by atoms with van der Waals surface area (Å²) in [6, 6.07) is 0. The van der Waals surface area contributed by atoms with Crippen molar-refractivity contribution in [3.8, 4) is 0 Å². The number of hydrogen-bond donors (Lipinski definition) is 2. The highest BCUT2D eigenvalue weighted by Gasteiger charge is 2.28. The normalized spacial score (nSPS) is 13.0. The molecule has 0 amide bonds. The van der Waals surface area contributed by atoms with E-state index in [0.29, 0.717) is 12.2 Å². The van der Waals surface area contributed by atoms with Crippen molar-refractivity contribution in [1.29, 1.82) is 0 Å². The van der Waals surface area contributed by atoms with Crippen LogP contribution < -0.4 is 0 Å². The van der Waals surface area contributed by atoms with Crippen molar-refractivity contribution in [2.45, 2.75) is 44.5 Å². The molecule has 0 aromatic rings. The summed E-state index contributed by atoms with van der Waals surface area (Å²) < 4.78 is -0.759. The van der Waals surface area contributed by atoms with Gasteiger partial charge >= 0.3 is 5.97 Å². The molecule has 78 valence electrons. The predicted octanol–water partition coefficient (Wildman–Crippen LogP) is 1.74. The third kappa shape index (κ3) is 5.93. The lowest BCUT2D eigenvalue weighted by atomic mass is 10.1. The van der Waals surface area contributed by atoms with Crippen LogP contribution in [0.3, 0.4) is 0 Å². The van der Waals surface area contributed by atoms with Gasteiger partial charge < -0.3 is 10.2 Å². The lowest BCUT2D eigenvalue weighted by molar-refractivity contribution is -0.138. The van der Waals surface area contributed by atoms with Crippen LogP contribution >= 0.6 is 11.8 Å². The van der Waals surface area contributed by atoms with Gasteiger partial charge in [-0.15, -0.1) is 11.8 Å². The second-order valence-corrected chi connectivity index (χ2v) is 5.94. The molecule has 3 nitrogen and oxygen atoms in total. The van der Waals surface area contributed by atoms with Crippen LogP contribution in [0.4, 0.5) is 0 Å². The van der Waals surface area contributed by atoms with Crippen LogP contribution in [0.1, 0.15) is 34.1 Å². The molecule has 0 spiro atoms. The van der Waals surface area contributed by atoms with E-state index in [1.165, 1.54) is 11.8 Å². The molecule has 13 heavy (non-hydrogen) atoms. The maximum atomic E-state index is 10.7. The summed E-state index contributed by atoms with van der Waals surface area (Å²) in [4.78, 5) is 10.7. The summed E-state index contributed by atoms with van der Waals surface area (Å²) in [6.07, 6.45) is 0.606. The highest BCUT2D eigenvalue weighted by atomic mass is 32.2. The second kappa shape index (κ2) is 4.33. The van der Waals surface area contributed by atoms with E-state index in [1.54, 1.807) is 27.7 Å². The van der Waals surface area contributed by atoms with Crippen LogP contribution in [-0.2, 0) is 4.79 Å². The van der Waals surface area contributed by atoms with Gasteiger partial charge in [0.2, 0.25) is 0 Å². The molecule has 0 radical (unpaired) electrons. The molecule has 0 rings (SSSR count). The molecule has 0 aromatic carbocycles. The van der Waals surface area contributed by atoms with Crippen molar-refractivity contribution < 1.29 is 15.0 Å². The first-order chi connectivity index (χ1) is 5.65. The van der Waals surface area contributed by atoms with E-state index in [9.17, 15) is 9.90 Å². The number of thioether (sulfide) groups is 1. The lowest BCUT2D eigenvalue weighted by Gasteiger charge is -2.21. The van der Waals surface area contributed by atoms with E-state index < -0.39 is 16.3 Å². The Hall–Kier alpha value is -0.220. The molecular formula is C9H18O3S. The van der Waals surface area contributed by atoms with Gasteiger partial charge in [0, 0.05) is 0 Å². The fourth-order valence-electron chi connectivity index (χ4n) is 0.618. The third-order valence-electron chi connectivity index (χ3n) is 1.69. The summed E-state index contributed by atoms with van der Waals surface area (Å²) in [6.45, 7) is 6.79.